The van der Waals surface area contributed by atoms with Gasteiger partial charge in [-0.2, -0.15) is 4.98 Å². The number of halogens is 4. The van der Waals surface area contributed by atoms with Gasteiger partial charge in [-0.05, 0) is 18.0 Å². The lowest BCUT2D eigenvalue weighted by atomic mass is 10.2. The van der Waals surface area contributed by atoms with Crippen molar-refractivity contribution in [3.05, 3.63) is 34.6 Å². The molecule has 4 rings (SSSR count). The van der Waals surface area contributed by atoms with Gasteiger partial charge in [0, 0.05) is 18.7 Å². The number of rotatable bonds is 1. The maximum absolute atomic E-state index is 14.1. The average molecular weight is 343 g/mol. The third kappa shape index (κ3) is 2.05. The van der Waals surface area contributed by atoms with Gasteiger partial charge in [-0.25, -0.2) is 18.7 Å². The Kier molecular flexibility index (Phi) is 3.20. The second-order valence-corrected chi connectivity index (χ2v) is 6.10. The number of fused-ring (bicyclic) bond motifs is 2. The van der Waals surface area contributed by atoms with Crippen molar-refractivity contribution in [3.8, 4) is 0 Å². The molecule has 1 saturated carbocycles. The molecule has 1 aliphatic heterocycles. The number of allylic oxidation sites excluding steroid dienone is 1. The summed E-state index contributed by atoms with van der Waals surface area (Å²) in [7, 11) is 0. The van der Waals surface area contributed by atoms with Crippen LogP contribution in [0, 0.1) is 11.7 Å². The predicted molar refractivity (Wildman–Crippen MR) is 80.6 cm³/mol. The van der Waals surface area contributed by atoms with Gasteiger partial charge >= 0.3 is 0 Å². The van der Waals surface area contributed by atoms with Crippen molar-refractivity contribution < 1.29 is 8.78 Å². The molecule has 3 atom stereocenters. The molecule has 1 fully saturated rings. The fraction of sp³-hybridized carbons (Fsp3) is 0.357. The molecule has 0 N–H and O–H groups in total. The molecule has 8 heteroatoms. The van der Waals surface area contributed by atoms with Crippen molar-refractivity contribution in [2.75, 3.05) is 11.4 Å². The van der Waals surface area contributed by atoms with Crippen LogP contribution in [0.25, 0.3) is 10.9 Å². The first-order valence-corrected chi connectivity index (χ1v) is 7.56. The van der Waals surface area contributed by atoms with E-state index < -0.39 is 12.0 Å². The van der Waals surface area contributed by atoms with Gasteiger partial charge in [0.15, 0.2) is 11.0 Å². The zero-order valence-corrected chi connectivity index (χ0v) is 12.7. The minimum Gasteiger partial charge on any atom is -0.346 e. The first kappa shape index (κ1) is 14.1. The highest BCUT2D eigenvalue weighted by Gasteiger charge is 2.55. The van der Waals surface area contributed by atoms with Crippen molar-refractivity contribution in [1.82, 2.24) is 15.0 Å². The maximum atomic E-state index is 14.1. The molecule has 2 aromatic heterocycles. The highest BCUT2D eigenvalue weighted by Crippen LogP contribution is 2.46. The SMILES string of the molecule is Fc1c(Cl)ncc2c(N3CC=CC[C@@H]4[C@H](F)[C@@H]43)nc(Cl)nc12. The van der Waals surface area contributed by atoms with Crippen molar-refractivity contribution >= 4 is 39.9 Å². The molecule has 2 aromatic rings. The van der Waals surface area contributed by atoms with E-state index in [4.69, 9.17) is 23.2 Å². The van der Waals surface area contributed by atoms with Crippen molar-refractivity contribution in [2.45, 2.75) is 18.6 Å². The Labute approximate surface area is 134 Å². The molecule has 0 unspecified atom stereocenters. The Balaban J connectivity index is 1.91. The summed E-state index contributed by atoms with van der Waals surface area (Å²) >= 11 is 11.6. The fourth-order valence-corrected chi connectivity index (χ4v) is 3.29. The minimum atomic E-state index is -0.918. The van der Waals surface area contributed by atoms with E-state index in [9.17, 15) is 8.78 Å². The van der Waals surface area contributed by atoms with Gasteiger partial charge < -0.3 is 4.90 Å². The van der Waals surface area contributed by atoms with Crippen molar-refractivity contribution in [1.29, 1.82) is 0 Å². The summed E-state index contributed by atoms with van der Waals surface area (Å²) in [5, 5.41) is -0.0133. The molecule has 22 heavy (non-hydrogen) atoms. The van der Waals surface area contributed by atoms with Crippen LogP contribution >= 0.6 is 23.2 Å². The van der Waals surface area contributed by atoms with Gasteiger partial charge in [0.1, 0.15) is 17.5 Å². The number of anilines is 1. The van der Waals surface area contributed by atoms with Gasteiger partial charge in [0.2, 0.25) is 5.28 Å². The standard InChI is InChI=1S/C14H10Cl2F2N4/c15-12-9(18)10-7(5-19-12)13(21-14(16)20-10)22-4-2-1-3-6-8(17)11(6)22/h1-2,5-6,8,11H,3-4H2/t6-,8+,11-/m1/s1. The number of hydrogen-bond acceptors (Lipinski definition) is 4. The van der Waals surface area contributed by atoms with E-state index in [0.717, 1.165) is 0 Å². The smallest absolute Gasteiger partial charge is 0.225 e. The Hall–Kier alpha value is -1.53. The molecule has 0 saturated heterocycles. The van der Waals surface area contributed by atoms with E-state index in [1.54, 1.807) is 4.90 Å². The summed E-state index contributed by atoms with van der Waals surface area (Å²) in [6.07, 6.45) is 5.07. The Bertz CT molecular complexity index is 798. The number of aromatic nitrogens is 3. The lowest BCUT2D eigenvalue weighted by molar-refractivity contribution is 0.438. The Morgan fingerprint density at radius 2 is 2.05 bits per heavy atom. The van der Waals surface area contributed by atoms with Crippen LogP contribution < -0.4 is 4.90 Å². The summed E-state index contributed by atoms with van der Waals surface area (Å²) in [5.74, 6) is -0.424. The maximum Gasteiger partial charge on any atom is 0.225 e. The van der Waals surface area contributed by atoms with Crippen LogP contribution in [0.5, 0.6) is 0 Å². The molecular weight excluding hydrogens is 333 g/mol. The summed E-state index contributed by atoms with van der Waals surface area (Å²) in [6, 6.07) is -0.275. The van der Waals surface area contributed by atoms with Gasteiger partial charge in [-0.3, -0.25) is 0 Å². The van der Waals surface area contributed by atoms with E-state index in [0.29, 0.717) is 24.2 Å². The number of nitrogens with zero attached hydrogens (tertiary/aromatic N) is 4. The monoisotopic (exact) mass is 342 g/mol. The lowest BCUT2D eigenvalue weighted by Gasteiger charge is -2.23. The topological polar surface area (TPSA) is 41.9 Å². The number of hydrogen-bond donors (Lipinski definition) is 0. The molecule has 114 valence electrons. The molecule has 0 radical (unpaired) electrons. The van der Waals surface area contributed by atoms with Crippen molar-refractivity contribution in [3.63, 3.8) is 0 Å². The normalized spacial score (nSPS) is 26.9. The predicted octanol–water partition coefficient (Wildman–Crippen LogP) is 3.57. The molecule has 1 aliphatic carbocycles. The van der Waals surface area contributed by atoms with Crippen molar-refractivity contribution in [2.24, 2.45) is 5.92 Å². The Morgan fingerprint density at radius 3 is 2.86 bits per heavy atom. The minimum absolute atomic E-state index is 0.00386. The zero-order chi connectivity index (χ0) is 15.4. The molecule has 0 spiro atoms. The third-order valence-corrected chi connectivity index (χ3v) is 4.57. The van der Waals surface area contributed by atoms with Crippen LogP contribution in [0.2, 0.25) is 10.4 Å². The average Bonchev–Trinajstić information content (AvgIpc) is 3.18. The third-order valence-electron chi connectivity index (χ3n) is 4.14. The molecule has 0 bridgehead atoms. The van der Waals surface area contributed by atoms with Gasteiger partial charge in [0.25, 0.3) is 0 Å². The fourth-order valence-electron chi connectivity index (χ4n) is 2.99. The molecule has 2 aliphatic rings. The zero-order valence-electron chi connectivity index (χ0n) is 11.2. The van der Waals surface area contributed by atoms with E-state index in [-0.39, 0.29) is 27.9 Å². The molecular formula is C14H10Cl2F2N4. The molecule has 0 amide bonds. The van der Waals surface area contributed by atoms with Crippen LogP contribution in [0.15, 0.2) is 18.3 Å². The number of alkyl halides is 1. The second kappa shape index (κ2) is 4.99. The molecule has 0 aromatic carbocycles. The van der Waals surface area contributed by atoms with Gasteiger partial charge in [0.05, 0.1) is 11.4 Å². The van der Waals surface area contributed by atoms with Gasteiger partial charge in [-0.15, -0.1) is 0 Å². The molecule has 3 heterocycles. The number of pyridine rings is 1. The molecule has 4 nitrogen and oxygen atoms in total. The van der Waals surface area contributed by atoms with E-state index >= 15 is 0 Å². The first-order chi connectivity index (χ1) is 10.6. The quantitative estimate of drug-likeness (QED) is 0.451. The van der Waals surface area contributed by atoms with Crippen LogP contribution in [0.3, 0.4) is 0 Å². The van der Waals surface area contributed by atoms with Crippen LogP contribution in [0.1, 0.15) is 6.42 Å². The summed E-state index contributed by atoms with van der Waals surface area (Å²) < 4.78 is 28.1. The highest BCUT2D eigenvalue weighted by molar-refractivity contribution is 6.30. The van der Waals surface area contributed by atoms with Crippen LogP contribution in [0.4, 0.5) is 14.6 Å². The second-order valence-electron chi connectivity index (χ2n) is 5.40. The van der Waals surface area contributed by atoms with E-state index in [2.05, 4.69) is 15.0 Å². The Morgan fingerprint density at radius 1 is 1.23 bits per heavy atom. The highest BCUT2D eigenvalue weighted by atomic mass is 35.5. The van der Waals surface area contributed by atoms with Gasteiger partial charge in [-0.1, -0.05) is 23.8 Å². The lowest BCUT2D eigenvalue weighted by Crippen LogP contribution is -2.29. The summed E-state index contributed by atoms with van der Waals surface area (Å²) in [4.78, 5) is 13.7. The van der Waals surface area contributed by atoms with Crippen LogP contribution in [-0.2, 0) is 0 Å². The van der Waals surface area contributed by atoms with Crippen LogP contribution in [-0.4, -0.2) is 33.7 Å². The summed E-state index contributed by atoms with van der Waals surface area (Å²) in [5.41, 5.74) is -0.00386. The largest absolute Gasteiger partial charge is 0.346 e. The first-order valence-electron chi connectivity index (χ1n) is 6.81. The van der Waals surface area contributed by atoms with E-state index in [1.165, 1.54) is 6.20 Å². The van der Waals surface area contributed by atoms with E-state index in [1.807, 2.05) is 12.2 Å². The summed E-state index contributed by atoms with van der Waals surface area (Å²) in [6.45, 7) is 0.480.